The Hall–Kier alpha value is -2.65. The highest BCUT2D eigenvalue weighted by atomic mass is 35.5. The number of halogens is 1. The van der Waals surface area contributed by atoms with Crippen LogP contribution in [-0.4, -0.2) is 35.2 Å². The first-order chi connectivity index (χ1) is 13.2. The van der Waals surface area contributed by atoms with Gasteiger partial charge in [0.2, 0.25) is 5.91 Å². The van der Waals surface area contributed by atoms with Gasteiger partial charge < -0.3 is 16.8 Å². The zero-order chi connectivity index (χ0) is 20.8. The third-order valence-corrected chi connectivity index (χ3v) is 4.99. The van der Waals surface area contributed by atoms with Crippen LogP contribution < -0.4 is 21.7 Å². The predicted molar refractivity (Wildman–Crippen MR) is 111 cm³/mol. The molecule has 0 fully saturated rings. The van der Waals surface area contributed by atoms with E-state index in [1.807, 2.05) is 0 Å². The Morgan fingerprint density at radius 1 is 1.25 bits per heavy atom. The van der Waals surface area contributed by atoms with Gasteiger partial charge in [-0.1, -0.05) is 25.4 Å². The van der Waals surface area contributed by atoms with Gasteiger partial charge in [0, 0.05) is 17.3 Å². The van der Waals surface area contributed by atoms with Crippen LogP contribution in [0.1, 0.15) is 40.4 Å². The molecule has 0 unspecified atom stereocenters. The molecule has 5 N–H and O–H groups in total. The van der Waals surface area contributed by atoms with E-state index in [0.717, 1.165) is 18.0 Å². The fourth-order valence-corrected chi connectivity index (χ4v) is 3.23. The number of carbonyl (C=O) groups excluding carboxylic acids is 3. The van der Waals surface area contributed by atoms with Gasteiger partial charge >= 0.3 is 0 Å². The zero-order valence-corrected chi connectivity index (χ0v) is 17.1. The molecule has 1 aromatic carbocycles. The van der Waals surface area contributed by atoms with Crippen molar-refractivity contribution in [3.05, 3.63) is 39.9 Å². The minimum absolute atomic E-state index is 0.0405. The van der Waals surface area contributed by atoms with Gasteiger partial charge in [-0.3, -0.25) is 19.3 Å². The first-order valence-corrected chi connectivity index (χ1v) is 9.75. The van der Waals surface area contributed by atoms with Crippen LogP contribution in [0, 0.1) is 5.92 Å². The van der Waals surface area contributed by atoms with Crippen LogP contribution in [0.5, 0.6) is 0 Å². The number of carbonyl (C=O) groups is 3. The van der Waals surface area contributed by atoms with E-state index < -0.39 is 11.8 Å². The van der Waals surface area contributed by atoms with Gasteiger partial charge in [-0.2, -0.15) is 4.37 Å². The summed E-state index contributed by atoms with van der Waals surface area (Å²) in [5, 5.41) is 3.29. The number of benzene rings is 1. The fraction of sp³-hybridized carbons (Fsp3) is 0.333. The minimum Gasteiger partial charge on any atom is -0.395 e. The third kappa shape index (κ3) is 5.43. The number of nitrogens with one attached hydrogen (secondary N) is 1. The number of aromatic nitrogens is 1. The maximum absolute atomic E-state index is 13.1. The highest BCUT2D eigenvalue weighted by molar-refractivity contribution is 7.09. The Labute approximate surface area is 172 Å². The van der Waals surface area contributed by atoms with Crippen molar-refractivity contribution in [3.8, 4) is 0 Å². The molecule has 1 heterocycles. The lowest BCUT2D eigenvalue weighted by Gasteiger charge is -2.22. The van der Waals surface area contributed by atoms with Crippen LogP contribution in [0.25, 0.3) is 0 Å². The fourth-order valence-electron chi connectivity index (χ4n) is 2.35. The summed E-state index contributed by atoms with van der Waals surface area (Å²) in [7, 11) is 0. The summed E-state index contributed by atoms with van der Waals surface area (Å²) >= 11 is 6.68. The molecule has 1 aromatic heterocycles. The second-order valence-corrected chi connectivity index (χ2v) is 7.75. The molecular formula is C18H22ClN5O3S. The van der Waals surface area contributed by atoms with Crippen molar-refractivity contribution in [3.63, 3.8) is 0 Å². The summed E-state index contributed by atoms with van der Waals surface area (Å²) in [6, 6.07) is 6.46. The van der Waals surface area contributed by atoms with Crippen LogP contribution in [0.15, 0.2) is 24.3 Å². The number of nitrogens with two attached hydrogens (primary N) is 2. The van der Waals surface area contributed by atoms with Crippen LogP contribution in [-0.2, 0) is 4.79 Å². The smallest absolute Gasteiger partial charge is 0.272 e. The van der Waals surface area contributed by atoms with Crippen LogP contribution >= 0.6 is 23.1 Å². The maximum Gasteiger partial charge on any atom is 0.272 e. The van der Waals surface area contributed by atoms with Crippen molar-refractivity contribution in [1.29, 1.82) is 0 Å². The van der Waals surface area contributed by atoms with Gasteiger partial charge in [-0.15, -0.1) is 0 Å². The molecule has 10 heteroatoms. The van der Waals surface area contributed by atoms with E-state index in [2.05, 4.69) is 23.5 Å². The molecule has 0 spiro atoms. The summed E-state index contributed by atoms with van der Waals surface area (Å²) in [5.74, 6) is -1.25. The highest BCUT2D eigenvalue weighted by Crippen LogP contribution is 2.26. The van der Waals surface area contributed by atoms with E-state index in [1.54, 1.807) is 24.3 Å². The van der Waals surface area contributed by atoms with Gasteiger partial charge in [-0.05, 0) is 48.1 Å². The van der Waals surface area contributed by atoms with Crippen molar-refractivity contribution in [2.75, 3.05) is 23.7 Å². The summed E-state index contributed by atoms with van der Waals surface area (Å²) in [5.41, 5.74) is 11.3. The monoisotopic (exact) mass is 423 g/mol. The van der Waals surface area contributed by atoms with E-state index >= 15 is 0 Å². The molecule has 0 aliphatic carbocycles. The van der Waals surface area contributed by atoms with Crippen molar-refractivity contribution in [1.82, 2.24) is 9.69 Å². The molecule has 0 aliphatic heterocycles. The molecule has 150 valence electrons. The van der Waals surface area contributed by atoms with Crippen LogP contribution in [0.4, 0.5) is 11.4 Å². The lowest BCUT2D eigenvalue weighted by molar-refractivity contribution is -0.119. The van der Waals surface area contributed by atoms with Gasteiger partial charge in [0.1, 0.15) is 11.4 Å². The van der Waals surface area contributed by atoms with Crippen LogP contribution in [0.3, 0.4) is 0 Å². The van der Waals surface area contributed by atoms with Gasteiger partial charge in [0.25, 0.3) is 11.8 Å². The average molecular weight is 424 g/mol. The molecule has 0 saturated carbocycles. The Morgan fingerprint density at radius 2 is 1.89 bits per heavy atom. The number of amides is 3. The lowest BCUT2D eigenvalue weighted by atomic mass is 10.1. The molecule has 0 radical (unpaired) electrons. The molecule has 3 amide bonds. The summed E-state index contributed by atoms with van der Waals surface area (Å²) in [4.78, 5) is 38.1. The Balaban J connectivity index is 2.28. The largest absolute Gasteiger partial charge is 0.395 e. The Morgan fingerprint density at radius 3 is 2.43 bits per heavy atom. The summed E-state index contributed by atoms with van der Waals surface area (Å²) < 4.78 is 3.85. The Kier molecular flexibility index (Phi) is 7.36. The SMILES string of the molecule is CC(C)CCNC(=O)CN(C(=O)c1snc(C(N)=O)c1N)c1ccc(Cl)cc1. The zero-order valence-electron chi connectivity index (χ0n) is 15.6. The van der Waals surface area contributed by atoms with E-state index in [0.29, 0.717) is 23.2 Å². The summed E-state index contributed by atoms with van der Waals surface area (Å²) in [6.45, 7) is 4.40. The van der Waals surface area contributed by atoms with Crippen molar-refractivity contribution in [2.24, 2.45) is 11.7 Å². The molecule has 8 nitrogen and oxygen atoms in total. The summed E-state index contributed by atoms with van der Waals surface area (Å²) in [6.07, 6.45) is 0.824. The van der Waals surface area contributed by atoms with Gasteiger partial charge in [0.05, 0.1) is 5.69 Å². The number of nitrogen functional groups attached to an aromatic ring is 1. The molecule has 0 atom stereocenters. The molecule has 0 bridgehead atoms. The predicted octanol–water partition coefficient (Wildman–Crippen LogP) is 2.29. The standard InChI is InChI=1S/C18H22ClN5O3S/c1-10(2)7-8-22-13(25)9-24(12-5-3-11(19)4-6-12)18(27)16-14(20)15(17(21)26)23-28-16/h3-6,10H,7-9,20H2,1-2H3,(H2,21,26)(H,22,25). The first kappa shape index (κ1) is 21.6. The van der Waals surface area contributed by atoms with E-state index in [-0.39, 0.29) is 28.7 Å². The van der Waals surface area contributed by atoms with E-state index in [1.165, 1.54) is 4.90 Å². The van der Waals surface area contributed by atoms with E-state index in [4.69, 9.17) is 23.1 Å². The normalized spacial score (nSPS) is 10.7. The molecule has 28 heavy (non-hydrogen) atoms. The first-order valence-electron chi connectivity index (χ1n) is 8.59. The number of rotatable bonds is 8. The molecule has 2 aromatic rings. The number of anilines is 2. The lowest BCUT2D eigenvalue weighted by Crippen LogP contribution is -2.41. The van der Waals surface area contributed by atoms with Gasteiger partial charge in [-0.25, -0.2) is 0 Å². The second kappa shape index (κ2) is 9.52. The highest BCUT2D eigenvalue weighted by Gasteiger charge is 2.27. The van der Waals surface area contributed by atoms with Crippen molar-refractivity contribution in [2.45, 2.75) is 20.3 Å². The van der Waals surface area contributed by atoms with Crippen LogP contribution in [0.2, 0.25) is 5.02 Å². The van der Waals surface area contributed by atoms with Crippen molar-refractivity contribution < 1.29 is 14.4 Å². The number of hydrogen-bond acceptors (Lipinski definition) is 6. The quantitative estimate of drug-likeness (QED) is 0.599. The van der Waals surface area contributed by atoms with E-state index in [9.17, 15) is 14.4 Å². The number of nitrogens with zero attached hydrogens (tertiary/aromatic N) is 2. The van der Waals surface area contributed by atoms with Crippen molar-refractivity contribution >= 4 is 52.2 Å². The second-order valence-electron chi connectivity index (χ2n) is 6.54. The molecule has 2 rings (SSSR count). The number of primary amides is 1. The average Bonchev–Trinajstić information content (AvgIpc) is 3.01. The maximum atomic E-state index is 13.1. The van der Waals surface area contributed by atoms with Gasteiger partial charge in [0.15, 0.2) is 5.69 Å². The topological polar surface area (TPSA) is 131 Å². The molecule has 0 saturated heterocycles. The minimum atomic E-state index is -0.822. The third-order valence-electron chi connectivity index (χ3n) is 3.88. The molecular weight excluding hydrogens is 402 g/mol. The molecule has 0 aliphatic rings. The number of hydrogen-bond donors (Lipinski definition) is 3. The Bertz CT molecular complexity index is 867.